The molecule has 3 heteroatoms. The molecule has 0 spiro atoms. The standard InChI is InChI=1S/C11H10FNO/c1-2-14-11-9-4-3-5-10(12)8(9)6-7-13-11/h3-7H,2H2,1H3. The lowest BCUT2D eigenvalue weighted by atomic mass is 10.1. The van der Waals surface area contributed by atoms with E-state index < -0.39 is 0 Å². The van der Waals surface area contributed by atoms with Gasteiger partial charge in [0.2, 0.25) is 5.88 Å². The maximum absolute atomic E-state index is 13.3. The SMILES string of the molecule is CCOc1nccc2c(F)cccc12. The van der Waals surface area contributed by atoms with Crippen LogP contribution in [0.3, 0.4) is 0 Å². The molecular weight excluding hydrogens is 181 g/mol. The second-order valence-corrected chi connectivity index (χ2v) is 2.88. The van der Waals surface area contributed by atoms with Crippen LogP contribution in [0.5, 0.6) is 5.88 Å². The van der Waals surface area contributed by atoms with Crippen molar-refractivity contribution in [2.45, 2.75) is 6.92 Å². The molecule has 1 heterocycles. The molecule has 0 bridgehead atoms. The summed E-state index contributed by atoms with van der Waals surface area (Å²) in [6.07, 6.45) is 1.55. The van der Waals surface area contributed by atoms with Crippen LogP contribution in [0.15, 0.2) is 30.5 Å². The molecule has 0 saturated heterocycles. The molecule has 0 unspecified atom stereocenters. The van der Waals surface area contributed by atoms with E-state index in [0.29, 0.717) is 23.3 Å². The zero-order valence-electron chi connectivity index (χ0n) is 7.83. The molecule has 72 valence electrons. The summed E-state index contributed by atoms with van der Waals surface area (Å²) in [5, 5.41) is 1.26. The zero-order chi connectivity index (χ0) is 9.97. The van der Waals surface area contributed by atoms with Crippen molar-refractivity contribution in [3.63, 3.8) is 0 Å². The molecule has 0 aliphatic rings. The molecule has 0 fully saturated rings. The highest BCUT2D eigenvalue weighted by molar-refractivity contribution is 5.87. The summed E-state index contributed by atoms with van der Waals surface area (Å²) >= 11 is 0. The second-order valence-electron chi connectivity index (χ2n) is 2.88. The molecule has 2 rings (SSSR count). The van der Waals surface area contributed by atoms with E-state index in [1.54, 1.807) is 24.4 Å². The van der Waals surface area contributed by atoms with Crippen molar-refractivity contribution in [1.82, 2.24) is 4.98 Å². The molecule has 1 aromatic heterocycles. The van der Waals surface area contributed by atoms with Gasteiger partial charge in [-0.15, -0.1) is 0 Å². The molecule has 2 nitrogen and oxygen atoms in total. The van der Waals surface area contributed by atoms with Crippen molar-refractivity contribution in [1.29, 1.82) is 0 Å². The Morgan fingerprint density at radius 2 is 2.14 bits per heavy atom. The number of fused-ring (bicyclic) bond motifs is 1. The fraction of sp³-hybridized carbons (Fsp3) is 0.182. The average molecular weight is 191 g/mol. The topological polar surface area (TPSA) is 22.1 Å². The normalized spacial score (nSPS) is 10.4. The predicted octanol–water partition coefficient (Wildman–Crippen LogP) is 2.77. The number of ether oxygens (including phenoxy) is 1. The van der Waals surface area contributed by atoms with E-state index in [0.717, 1.165) is 0 Å². The van der Waals surface area contributed by atoms with Crippen LogP contribution >= 0.6 is 0 Å². The van der Waals surface area contributed by atoms with E-state index in [1.807, 2.05) is 6.92 Å². The fourth-order valence-corrected chi connectivity index (χ4v) is 1.39. The Morgan fingerprint density at radius 3 is 2.93 bits per heavy atom. The van der Waals surface area contributed by atoms with E-state index in [1.165, 1.54) is 6.07 Å². The monoisotopic (exact) mass is 191 g/mol. The van der Waals surface area contributed by atoms with Crippen molar-refractivity contribution in [3.8, 4) is 5.88 Å². The van der Waals surface area contributed by atoms with E-state index in [9.17, 15) is 4.39 Å². The largest absolute Gasteiger partial charge is 0.478 e. The Hall–Kier alpha value is -1.64. The van der Waals surface area contributed by atoms with Gasteiger partial charge in [0.05, 0.1) is 6.61 Å². The lowest BCUT2D eigenvalue weighted by Gasteiger charge is -2.05. The maximum Gasteiger partial charge on any atom is 0.221 e. The number of pyridine rings is 1. The van der Waals surface area contributed by atoms with Crippen molar-refractivity contribution < 1.29 is 9.13 Å². The van der Waals surface area contributed by atoms with Crippen molar-refractivity contribution >= 4 is 10.8 Å². The number of aromatic nitrogens is 1. The Bertz CT molecular complexity index is 456. The highest BCUT2D eigenvalue weighted by Gasteiger charge is 2.05. The lowest BCUT2D eigenvalue weighted by Crippen LogP contribution is -1.95. The molecule has 0 aliphatic carbocycles. The molecule has 0 saturated carbocycles. The van der Waals surface area contributed by atoms with Gasteiger partial charge >= 0.3 is 0 Å². The molecule has 0 atom stereocenters. The van der Waals surface area contributed by atoms with Crippen LogP contribution < -0.4 is 4.74 Å². The summed E-state index contributed by atoms with van der Waals surface area (Å²) in [6, 6.07) is 6.53. The minimum atomic E-state index is -0.245. The molecule has 14 heavy (non-hydrogen) atoms. The summed E-state index contributed by atoms with van der Waals surface area (Å²) in [5.74, 6) is 0.246. The summed E-state index contributed by atoms with van der Waals surface area (Å²) in [7, 11) is 0. The summed E-state index contributed by atoms with van der Waals surface area (Å²) in [4.78, 5) is 4.05. The van der Waals surface area contributed by atoms with Crippen LogP contribution in [-0.4, -0.2) is 11.6 Å². The van der Waals surface area contributed by atoms with Gasteiger partial charge in [0.15, 0.2) is 0 Å². The van der Waals surface area contributed by atoms with Gasteiger partial charge in [0.25, 0.3) is 0 Å². The second kappa shape index (κ2) is 3.62. The Labute approximate surface area is 81.3 Å². The van der Waals surface area contributed by atoms with Gasteiger partial charge in [0, 0.05) is 17.0 Å². The zero-order valence-corrected chi connectivity index (χ0v) is 7.83. The molecule has 2 aromatic rings. The van der Waals surface area contributed by atoms with Gasteiger partial charge in [-0.25, -0.2) is 9.37 Å². The van der Waals surface area contributed by atoms with Crippen LogP contribution in [0.4, 0.5) is 4.39 Å². The lowest BCUT2D eigenvalue weighted by molar-refractivity contribution is 0.331. The van der Waals surface area contributed by atoms with Crippen LogP contribution in [0.25, 0.3) is 10.8 Å². The van der Waals surface area contributed by atoms with Crippen LogP contribution in [0.1, 0.15) is 6.92 Å². The quantitative estimate of drug-likeness (QED) is 0.728. The molecule has 0 amide bonds. The van der Waals surface area contributed by atoms with Gasteiger partial charge in [-0.1, -0.05) is 6.07 Å². The third-order valence-electron chi connectivity index (χ3n) is 2.00. The first kappa shape index (κ1) is 8.94. The minimum Gasteiger partial charge on any atom is -0.478 e. The van der Waals surface area contributed by atoms with E-state index in [4.69, 9.17) is 4.74 Å². The highest BCUT2D eigenvalue weighted by Crippen LogP contribution is 2.24. The first-order valence-corrected chi connectivity index (χ1v) is 4.49. The molecular formula is C11H10FNO. The van der Waals surface area contributed by atoms with E-state index >= 15 is 0 Å². The van der Waals surface area contributed by atoms with Crippen LogP contribution in [0, 0.1) is 5.82 Å². The number of halogens is 1. The van der Waals surface area contributed by atoms with Gasteiger partial charge in [-0.3, -0.25) is 0 Å². The van der Waals surface area contributed by atoms with E-state index in [2.05, 4.69) is 4.98 Å². The number of hydrogen-bond donors (Lipinski definition) is 0. The summed E-state index contributed by atoms with van der Waals surface area (Å²) < 4.78 is 18.6. The van der Waals surface area contributed by atoms with Crippen LogP contribution in [0.2, 0.25) is 0 Å². The molecule has 1 aromatic carbocycles. The number of nitrogens with zero attached hydrogens (tertiary/aromatic N) is 1. The Morgan fingerprint density at radius 1 is 1.29 bits per heavy atom. The Kier molecular flexibility index (Phi) is 2.31. The van der Waals surface area contributed by atoms with Gasteiger partial charge < -0.3 is 4.74 Å². The first-order chi connectivity index (χ1) is 6.83. The number of rotatable bonds is 2. The summed E-state index contributed by atoms with van der Waals surface area (Å²) in [6.45, 7) is 2.41. The minimum absolute atomic E-state index is 0.245. The van der Waals surface area contributed by atoms with Gasteiger partial charge in [-0.2, -0.15) is 0 Å². The number of hydrogen-bond acceptors (Lipinski definition) is 2. The first-order valence-electron chi connectivity index (χ1n) is 4.49. The summed E-state index contributed by atoms with van der Waals surface area (Å²) in [5.41, 5.74) is 0. The fourth-order valence-electron chi connectivity index (χ4n) is 1.39. The predicted molar refractivity (Wildman–Crippen MR) is 52.9 cm³/mol. The maximum atomic E-state index is 13.3. The number of benzene rings is 1. The van der Waals surface area contributed by atoms with Crippen molar-refractivity contribution in [3.05, 3.63) is 36.3 Å². The van der Waals surface area contributed by atoms with Crippen LogP contribution in [-0.2, 0) is 0 Å². The molecule has 0 radical (unpaired) electrons. The van der Waals surface area contributed by atoms with Gasteiger partial charge in [-0.05, 0) is 25.1 Å². The third-order valence-corrected chi connectivity index (χ3v) is 2.00. The Balaban J connectivity index is 2.68. The van der Waals surface area contributed by atoms with Crippen molar-refractivity contribution in [2.24, 2.45) is 0 Å². The smallest absolute Gasteiger partial charge is 0.221 e. The average Bonchev–Trinajstić information content (AvgIpc) is 2.20. The van der Waals surface area contributed by atoms with Gasteiger partial charge in [0.1, 0.15) is 5.82 Å². The highest BCUT2D eigenvalue weighted by atomic mass is 19.1. The molecule has 0 aliphatic heterocycles. The van der Waals surface area contributed by atoms with Crippen molar-refractivity contribution in [2.75, 3.05) is 6.61 Å². The third kappa shape index (κ3) is 1.41. The molecule has 0 N–H and O–H groups in total. The van der Waals surface area contributed by atoms with E-state index in [-0.39, 0.29) is 5.82 Å².